The van der Waals surface area contributed by atoms with Gasteiger partial charge in [-0.1, -0.05) is 0 Å². The van der Waals surface area contributed by atoms with E-state index in [0.29, 0.717) is 11.1 Å². The molecule has 0 bridgehead atoms. The van der Waals surface area contributed by atoms with Gasteiger partial charge in [0.05, 0.1) is 0 Å². The fraction of sp³-hybridized carbons (Fsp3) is 0.421. The quantitative estimate of drug-likeness (QED) is 0.527. The molecule has 21 heavy (non-hydrogen) atoms. The zero-order chi connectivity index (χ0) is 15.4. The van der Waals surface area contributed by atoms with Crippen LogP contribution in [0, 0.1) is 13.8 Å². The molecule has 2 atom stereocenters. The summed E-state index contributed by atoms with van der Waals surface area (Å²) >= 11 is 0. The van der Waals surface area contributed by atoms with Gasteiger partial charge in [0.1, 0.15) is 0 Å². The molecule has 0 aromatic heterocycles. The normalized spacial score (nSPS) is 25.2. The molecule has 3 rings (SSSR count). The molecule has 1 aromatic carbocycles. The van der Waals surface area contributed by atoms with Crippen molar-refractivity contribution in [3.8, 4) is 0 Å². The summed E-state index contributed by atoms with van der Waals surface area (Å²) in [4.78, 5) is 0. The monoisotopic (exact) mass is 294 g/mol. The predicted octanol–water partition coefficient (Wildman–Crippen LogP) is 4.54. The Morgan fingerprint density at radius 1 is 1.14 bits per heavy atom. The van der Waals surface area contributed by atoms with Crippen molar-refractivity contribution in [1.29, 1.82) is 0 Å². The molecular weight excluding hydrogens is 270 g/mol. The summed E-state index contributed by atoms with van der Waals surface area (Å²) in [6, 6.07) is 6.91. The molecule has 1 aliphatic heterocycles. The molecule has 0 N–H and O–H groups in total. The molecule has 0 saturated carbocycles. The van der Waals surface area contributed by atoms with Crippen molar-refractivity contribution in [2.24, 2.45) is 0 Å². The van der Waals surface area contributed by atoms with Crippen LogP contribution in [0.4, 0.5) is 0 Å². The fourth-order valence-electron chi connectivity index (χ4n) is 3.62. The van der Waals surface area contributed by atoms with Crippen LogP contribution in [0.1, 0.15) is 49.8 Å². The SMILES string of the molecule is B=C1PC(C)(C)CC2=C1C(c1ccc(C)c(C)c1)C=C2C. The van der Waals surface area contributed by atoms with E-state index < -0.39 is 0 Å². The predicted molar refractivity (Wildman–Crippen MR) is 98.6 cm³/mol. The molecule has 1 heterocycles. The molecule has 2 heteroatoms. The molecule has 1 aliphatic carbocycles. The second kappa shape index (κ2) is 5.06. The first kappa shape index (κ1) is 15.0. The van der Waals surface area contributed by atoms with E-state index in [1.54, 1.807) is 5.57 Å². The molecule has 0 spiro atoms. The van der Waals surface area contributed by atoms with Gasteiger partial charge in [0.25, 0.3) is 0 Å². The van der Waals surface area contributed by atoms with Crippen molar-refractivity contribution in [1.82, 2.24) is 0 Å². The third kappa shape index (κ3) is 2.62. The van der Waals surface area contributed by atoms with Gasteiger partial charge in [-0.25, -0.2) is 0 Å². The van der Waals surface area contributed by atoms with Gasteiger partial charge >= 0.3 is 131 Å². The summed E-state index contributed by atoms with van der Waals surface area (Å²) in [6.45, 7) is 11.4. The van der Waals surface area contributed by atoms with Crippen LogP contribution in [0.5, 0.6) is 0 Å². The van der Waals surface area contributed by atoms with E-state index in [4.69, 9.17) is 0 Å². The maximum atomic E-state index is 4.42. The molecular formula is C19H24BP. The average Bonchev–Trinajstić information content (AvgIpc) is 2.69. The summed E-state index contributed by atoms with van der Waals surface area (Å²) in [7, 11) is 5.27. The van der Waals surface area contributed by atoms with E-state index in [2.05, 4.69) is 66.4 Å². The average molecular weight is 294 g/mol. The van der Waals surface area contributed by atoms with Gasteiger partial charge in [-0.3, -0.25) is 0 Å². The van der Waals surface area contributed by atoms with Crippen LogP contribution in [-0.4, -0.2) is 17.8 Å². The Morgan fingerprint density at radius 2 is 1.86 bits per heavy atom. The minimum atomic E-state index is 0.378. The van der Waals surface area contributed by atoms with E-state index in [0.717, 1.165) is 8.58 Å². The van der Waals surface area contributed by atoms with E-state index >= 15 is 0 Å². The number of benzene rings is 1. The Bertz CT molecular complexity index is 692. The first-order chi connectivity index (χ1) is 9.78. The Morgan fingerprint density at radius 3 is 2.52 bits per heavy atom. The Kier molecular flexibility index (Phi) is 3.61. The minimum absolute atomic E-state index is 0.378. The first-order valence-corrected chi connectivity index (χ1v) is 8.75. The van der Waals surface area contributed by atoms with Crippen molar-refractivity contribution in [3.63, 3.8) is 0 Å². The molecule has 0 amide bonds. The molecule has 0 radical (unpaired) electrons. The number of aryl methyl sites for hydroxylation is 2. The summed E-state index contributed by atoms with van der Waals surface area (Å²) < 4.78 is 0. The standard InChI is InChI=1S/C19H24BP/c1-11-6-7-14(8-12(11)2)15-9-13(3)16-10-19(4,5)21-18(20)17(15)16/h6-9,15,20-21H,10H2,1-5H3. The van der Waals surface area contributed by atoms with Crippen LogP contribution in [0.2, 0.25) is 0 Å². The van der Waals surface area contributed by atoms with Crippen LogP contribution < -0.4 is 0 Å². The van der Waals surface area contributed by atoms with Crippen molar-refractivity contribution in [2.45, 2.75) is 52.1 Å². The Labute approximate surface area is 131 Å². The summed E-state index contributed by atoms with van der Waals surface area (Å²) in [5, 5.41) is 1.75. The topological polar surface area (TPSA) is 0 Å². The molecule has 2 unspecified atom stereocenters. The number of hydrogen-bond acceptors (Lipinski definition) is 0. The first-order valence-electron chi connectivity index (χ1n) is 7.75. The molecule has 0 fully saturated rings. The van der Waals surface area contributed by atoms with E-state index in [-0.39, 0.29) is 0 Å². The van der Waals surface area contributed by atoms with Gasteiger partial charge in [0, 0.05) is 0 Å². The van der Waals surface area contributed by atoms with E-state index in [9.17, 15) is 0 Å². The number of hydrogen-bond donors (Lipinski definition) is 0. The van der Waals surface area contributed by atoms with E-state index in [1.807, 2.05) is 0 Å². The summed E-state index contributed by atoms with van der Waals surface area (Å²) in [5.74, 6) is 0.426. The zero-order valence-corrected chi connectivity index (χ0v) is 14.8. The number of allylic oxidation sites excluding steroid dienone is 4. The van der Waals surface area contributed by atoms with Crippen LogP contribution in [0.15, 0.2) is 41.0 Å². The van der Waals surface area contributed by atoms with Crippen LogP contribution in [0.25, 0.3) is 0 Å². The van der Waals surface area contributed by atoms with Crippen LogP contribution in [0.3, 0.4) is 0 Å². The fourth-order valence-corrected chi connectivity index (χ4v) is 5.14. The van der Waals surface area contributed by atoms with E-state index in [1.165, 1.54) is 39.5 Å². The molecule has 0 nitrogen and oxygen atoms in total. The Hall–Kier alpha value is -0.935. The second-order valence-electron chi connectivity index (χ2n) is 7.23. The molecule has 0 saturated heterocycles. The van der Waals surface area contributed by atoms with Gasteiger partial charge in [0.2, 0.25) is 0 Å². The van der Waals surface area contributed by atoms with Gasteiger partial charge in [-0.05, 0) is 0 Å². The molecule has 2 aliphatic rings. The van der Waals surface area contributed by atoms with Crippen molar-refractivity contribution < 1.29 is 0 Å². The Balaban J connectivity index is 2.08. The maximum absolute atomic E-state index is 4.42. The van der Waals surface area contributed by atoms with Crippen molar-refractivity contribution in [2.75, 3.05) is 0 Å². The summed E-state index contributed by atoms with van der Waals surface area (Å²) in [6.07, 6.45) is 3.65. The van der Waals surface area contributed by atoms with Crippen LogP contribution in [-0.2, 0) is 0 Å². The molecule has 1 aromatic rings. The zero-order valence-electron chi connectivity index (χ0n) is 13.8. The summed E-state index contributed by atoms with van der Waals surface area (Å²) in [5.41, 5.74) is 8.73. The molecule has 108 valence electrons. The third-order valence-electron chi connectivity index (χ3n) is 4.85. The van der Waals surface area contributed by atoms with Gasteiger partial charge in [-0.15, -0.1) is 0 Å². The number of rotatable bonds is 1. The third-order valence-corrected chi connectivity index (χ3v) is 6.28. The van der Waals surface area contributed by atoms with Gasteiger partial charge < -0.3 is 0 Å². The second-order valence-corrected chi connectivity index (χ2v) is 9.43. The van der Waals surface area contributed by atoms with Gasteiger partial charge in [0.15, 0.2) is 0 Å². The van der Waals surface area contributed by atoms with Crippen molar-refractivity contribution in [3.05, 3.63) is 57.7 Å². The van der Waals surface area contributed by atoms with Gasteiger partial charge in [-0.2, -0.15) is 0 Å². The van der Waals surface area contributed by atoms with Crippen molar-refractivity contribution >= 4 is 21.3 Å². The van der Waals surface area contributed by atoms with Crippen LogP contribution >= 0.6 is 8.58 Å².